The number of carbonyl (C=O) groups is 1. The van der Waals surface area contributed by atoms with E-state index >= 15 is 0 Å². The van der Waals surface area contributed by atoms with Crippen molar-refractivity contribution in [3.05, 3.63) is 46.8 Å². The molecule has 1 aromatic carbocycles. The largest absolute Gasteiger partial charge is 0.481 e. The first-order valence-corrected chi connectivity index (χ1v) is 5.65. The summed E-state index contributed by atoms with van der Waals surface area (Å²) < 4.78 is 4.59. The molecule has 1 heterocycles. The predicted octanol–water partition coefficient (Wildman–Crippen LogP) is 2.10. The molecule has 0 aliphatic rings. The van der Waals surface area contributed by atoms with Gasteiger partial charge in [0.1, 0.15) is 11.4 Å². The molecule has 0 saturated carbocycles. The van der Waals surface area contributed by atoms with Gasteiger partial charge in [-0.15, -0.1) is 0 Å². The molecular formula is C13H14N2O3. The number of aryl methyl sites for hydroxylation is 2. The molecule has 0 aliphatic carbocycles. The van der Waals surface area contributed by atoms with Crippen LogP contribution in [0.5, 0.6) is 0 Å². The Morgan fingerprint density at radius 1 is 1.28 bits per heavy atom. The van der Waals surface area contributed by atoms with Crippen molar-refractivity contribution in [1.82, 2.24) is 10.3 Å². The molecule has 0 fully saturated rings. The fourth-order valence-electron chi connectivity index (χ4n) is 1.77. The van der Waals surface area contributed by atoms with E-state index in [0.29, 0.717) is 11.4 Å². The molecule has 2 aromatic rings. The number of hydrogen-bond donors (Lipinski definition) is 1. The minimum absolute atomic E-state index is 0.285. The first-order chi connectivity index (χ1) is 8.58. The van der Waals surface area contributed by atoms with Crippen molar-refractivity contribution in [3.8, 4) is 0 Å². The first-order valence-electron chi connectivity index (χ1n) is 5.65. The number of carboxylic acid groups (broad SMARTS) is 1. The molecule has 1 N–H and O–H groups in total. The molecular weight excluding hydrogens is 232 g/mol. The average Bonchev–Trinajstić information content (AvgIpc) is 2.73. The van der Waals surface area contributed by atoms with Gasteiger partial charge in [0.15, 0.2) is 0 Å². The van der Waals surface area contributed by atoms with Crippen LogP contribution < -0.4 is 0 Å². The molecule has 0 amide bonds. The summed E-state index contributed by atoms with van der Waals surface area (Å²) in [5.74, 6) is -1.50. The molecule has 5 nitrogen and oxygen atoms in total. The lowest BCUT2D eigenvalue weighted by atomic mass is 9.93. The van der Waals surface area contributed by atoms with Crippen LogP contribution in [0.15, 0.2) is 28.9 Å². The van der Waals surface area contributed by atoms with Gasteiger partial charge in [0.25, 0.3) is 0 Å². The molecule has 5 heteroatoms. The topological polar surface area (TPSA) is 76.2 Å². The summed E-state index contributed by atoms with van der Waals surface area (Å²) in [5, 5.41) is 16.7. The molecule has 1 atom stereocenters. The highest BCUT2D eigenvalue weighted by Crippen LogP contribution is 2.22. The molecule has 94 valence electrons. The minimum Gasteiger partial charge on any atom is -0.481 e. The fraction of sp³-hybridized carbons (Fsp3) is 0.308. The van der Waals surface area contributed by atoms with Crippen molar-refractivity contribution in [2.75, 3.05) is 0 Å². The second-order valence-electron chi connectivity index (χ2n) is 4.30. The van der Waals surface area contributed by atoms with Crippen molar-refractivity contribution in [1.29, 1.82) is 0 Å². The van der Waals surface area contributed by atoms with E-state index in [9.17, 15) is 9.90 Å². The zero-order chi connectivity index (χ0) is 13.1. The smallest absolute Gasteiger partial charge is 0.311 e. The minimum atomic E-state index is -0.874. The van der Waals surface area contributed by atoms with E-state index in [0.717, 1.165) is 11.1 Å². The Hall–Kier alpha value is -2.17. The van der Waals surface area contributed by atoms with Crippen LogP contribution in [0.1, 0.15) is 28.4 Å². The van der Waals surface area contributed by atoms with Gasteiger partial charge in [0.05, 0.1) is 5.92 Å². The summed E-state index contributed by atoms with van der Waals surface area (Å²) in [6.45, 7) is 3.71. The molecule has 0 aliphatic heterocycles. The summed E-state index contributed by atoms with van der Waals surface area (Å²) in [5.41, 5.74) is 3.08. The monoisotopic (exact) mass is 246 g/mol. The number of rotatable bonds is 4. The van der Waals surface area contributed by atoms with E-state index in [1.807, 2.05) is 31.2 Å². The third-order valence-electron chi connectivity index (χ3n) is 2.92. The van der Waals surface area contributed by atoms with Crippen molar-refractivity contribution < 1.29 is 14.5 Å². The van der Waals surface area contributed by atoms with Crippen LogP contribution in [0, 0.1) is 13.8 Å². The quantitative estimate of drug-likeness (QED) is 0.893. The zero-order valence-electron chi connectivity index (χ0n) is 10.3. The Bertz CT molecular complexity index is 546. The van der Waals surface area contributed by atoms with E-state index in [4.69, 9.17) is 0 Å². The van der Waals surface area contributed by atoms with Gasteiger partial charge in [-0.1, -0.05) is 40.1 Å². The second kappa shape index (κ2) is 5.00. The van der Waals surface area contributed by atoms with Gasteiger partial charge in [0, 0.05) is 6.42 Å². The number of benzene rings is 1. The molecule has 0 spiro atoms. The summed E-state index contributed by atoms with van der Waals surface area (Å²) >= 11 is 0. The highest BCUT2D eigenvalue weighted by Gasteiger charge is 2.23. The standard InChI is InChI=1S/C13H14N2O3/c1-8-3-5-10(6-4-8)11(13(16)17)7-12-9(2)14-18-15-12/h3-6,11H,7H2,1-2H3,(H,16,17). The van der Waals surface area contributed by atoms with E-state index in [-0.39, 0.29) is 6.42 Å². The molecule has 1 aromatic heterocycles. The lowest BCUT2D eigenvalue weighted by molar-refractivity contribution is -0.138. The van der Waals surface area contributed by atoms with Crippen LogP contribution in [0.25, 0.3) is 0 Å². The van der Waals surface area contributed by atoms with Crippen molar-refractivity contribution in [2.24, 2.45) is 0 Å². The summed E-state index contributed by atoms with van der Waals surface area (Å²) in [6, 6.07) is 7.46. The second-order valence-corrected chi connectivity index (χ2v) is 4.30. The van der Waals surface area contributed by atoms with Gasteiger partial charge in [0.2, 0.25) is 0 Å². The van der Waals surface area contributed by atoms with Crippen LogP contribution in [0.2, 0.25) is 0 Å². The SMILES string of the molecule is Cc1ccc(C(Cc2nonc2C)C(=O)O)cc1. The lowest BCUT2D eigenvalue weighted by Crippen LogP contribution is -2.15. The Morgan fingerprint density at radius 2 is 1.94 bits per heavy atom. The average molecular weight is 246 g/mol. The molecule has 2 rings (SSSR count). The third kappa shape index (κ3) is 2.56. The summed E-state index contributed by atoms with van der Waals surface area (Å²) in [4.78, 5) is 11.3. The van der Waals surface area contributed by atoms with Gasteiger partial charge in [-0.3, -0.25) is 4.79 Å². The maximum Gasteiger partial charge on any atom is 0.311 e. The van der Waals surface area contributed by atoms with Crippen LogP contribution in [0.4, 0.5) is 0 Å². The molecule has 0 radical (unpaired) electrons. The maximum atomic E-state index is 11.3. The van der Waals surface area contributed by atoms with Crippen molar-refractivity contribution >= 4 is 5.97 Å². The Morgan fingerprint density at radius 3 is 2.44 bits per heavy atom. The number of aromatic nitrogens is 2. The highest BCUT2D eigenvalue weighted by atomic mass is 16.6. The molecule has 1 unspecified atom stereocenters. The Labute approximate surface area is 104 Å². The lowest BCUT2D eigenvalue weighted by Gasteiger charge is -2.11. The molecule has 0 saturated heterocycles. The maximum absolute atomic E-state index is 11.3. The van der Waals surface area contributed by atoms with Crippen LogP contribution >= 0.6 is 0 Å². The zero-order valence-corrected chi connectivity index (χ0v) is 10.3. The third-order valence-corrected chi connectivity index (χ3v) is 2.92. The van der Waals surface area contributed by atoms with Gasteiger partial charge < -0.3 is 5.11 Å². The van der Waals surface area contributed by atoms with Crippen LogP contribution in [-0.2, 0) is 11.2 Å². The van der Waals surface area contributed by atoms with Crippen molar-refractivity contribution in [2.45, 2.75) is 26.2 Å². The summed E-state index contributed by atoms with van der Waals surface area (Å²) in [6.07, 6.45) is 0.285. The molecule has 18 heavy (non-hydrogen) atoms. The Kier molecular flexibility index (Phi) is 3.41. The normalized spacial score (nSPS) is 12.3. The number of hydrogen-bond acceptors (Lipinski definition) is 4. The van der Waals surface area contributed by atoms with E-state index in [1.54, 1.807) is 6.92 Å². The number of nitrogens with zero attached hydrogens (tertiary/aromatic N) is 2. The van der Waals surface area contributed by atoms with Gasteiger partial charge >= 0.3 is 5.97 Å². The summed E-state index contributed by atoms with van der Waals surface area (Å²) in [7, 11) is 0. The molecule has 0 bridgehead atoms. The predicted molar refractivity (Wildman–Crippen MR) is 64.3 cm³/mol. The first kappa shape index (κ1) is 12.3. The van der Waals surface area contributed by atoms with E-state index in [1.165, 1.54) is 0 Å². The fourth-order valence-corrected chi connectivity index (χ4v) is 1.77. The van der Waals surface area contributed by atoms with Crippen LogP contribution in [-0.4, -0.2) is 21.4 Å². The number of aliphatic carboxylic acids is 1. The highest BCUT2D eigenvalue weighted by molar-refractivity contribution is 5.76. The van der Waals surface area contributed by atoms with Gasteiger partial charge in [-0.2, -0.15) is 0 Å². The van der Waals surface area contributed by atoms with Crippen molar-refractivity contribution in [3.63, 3.8) is 0 Å². The van der Waals surface area contributed by atoms with Gasteiger partial charge in [-0.25, -0.2) is 4.63 Å². The van der Waals surface area contributed by atoms with E-state index < -0.39 is 11.9 Å². The van der Waals surface area contributed by atoms with Gasteiger partial charge in [-0.05, 0) is 19.4 Å². The van der Waals surface area contributed by atoms with E-state index in [2.05, 4.69) is 14.9 Å². The number of carboxylic acids is 1. The van der Waals surface area contributed by atoms with Crippen LogP contribution in [0.3, 0.4) is 0 Å². The Balaban J connectivity index is 2.27.